The minimum absolute atomic E-state index is 0.166. The van der Waals surface area contributed by atoms with Crippen molar-refractivity contribution < 1.29 is 43.9 Å². The Hall–Kier alpha value is -6.50. The third kappa shape index (κ3) is 5.21. The minimum atomic E-state index is -2.40. The van der Waals surface area contributed by atoms with E-state index in [0.717, 1.165) is 12.1 Å². The number of benzene rings is 4. The van der Waals surface area contributed by atoms with Crippen LogP contribution in [0.2, 0.25) is 0 Å². The summed E-state index contributed by atoms with van der Waals surface area (Å²) < 4.78 is 150. The fourth-order valence-corrected chi connectivity index (χ4v) is 6.62. The van der Waals surface area contributed by atoms with Crippen molar-refractivity contribution in [3.05, 3.63) is 155 Å². The van der Waals surface area contributed by atoms with Crippen LogP contribution >= 0.6 is 0 Å². The van der Waals surface area contributed by atoms with Gasteiger partial charge in [0.15, 0.2) is 11.1 Å². The molecule has 0 spiro atoms. The molecule has 0 aliphatic carbocycles. The summed E-state index contributed by atoms with van der Waals surface area (Å²) in [7, 11) is 0. The van der Waals surface area contributed by atoms with Gasteiger partial charge in [-0.2, -0.15) is 43.9 Å². The van der Waals surface area contributed by atoms with E-state index >= 15 is 17.6 Å². The molecule has 3 N–H and O–H groups in total. The molecule has 0 atom stereocenters. The van der Waals surface area contributed by atoms with Crippen molar-refractivity contribution in [3.8, 4) is 44.5 Å². The Morgan fingerprint density at radius 2 is 0.585 bits per heavy atom. The maximum Gasteiger partial charge on any atom is 0.239 e. The molecule has 8 aromatic rings. The van der Waals surface area contributed by atoms with Crippen molar-refractivity contribution in [3.63, 3.8) is 0 Å². The van der Waals surface area contributed by atoms with Crippen LogP contribution in [-0.2, 0) is 0 Å². The summed E-state index contributed by atoms with van der Waals surface area (Å²) >= 11 is 0. The van der Waals surface area contributed by atoms with Crippen LogP contribution in [0.25, 0.3) is 77.6 Å². The van der Waals surface area contributed by atoms with Crippen molar-refractivity contribution >= 4 is 33.1 Å². The molecule has 0 amide bonds. The van der Waals surface area contributed by atoms with Crippen molar-refractivity contribution in [1.82, 2.24) is 15.0 Å². The first-order valence-electron chi connectivity index (χ1n) is 15.7. The van der Waals surface area contributed by atoms with E-state index in [4.69, 9.17) is 0 Å². The maximum atomic E-state index is 15.6. The van der Waals surface area contributed by atoms with Crippen LogP contribution in [0.4, 0.5) is 43.9 Å². The molecule has 0 aliphatic rings. The van der Waals surface area contributed by atoms with Gasteiger partial charge in [0.05, 0.1) is 23.2 Å². The molecule has 0 unspecified atom stereocenters. The number of hydrogen-bond acceptors (Lipinski definition) is 0. The van der Waals surface area contributed by atoms with Gasteiger partial charge in [-0.05, 0) is 23.3 Å². The van der Waals surface area contributed by atoms with Crippen LogP contribution in [0.1, 0.15) is 0 Å². The van der Waals surface area contributed by atoms with Crippen LogP contribution in [0, 0.1) is 58.2 Å². The SMILES string of the molecule is Fc1c(F)c(F)c(-[c+]2c3ccc([nH]3)c(-c3ccccc3)c(-c3ccccc3)c3ccc([nH]3)[c+](-c3c(F)c(F)c(F)c(F)c3F)c3ccc2[nH]3)c(F)c1F. The van der Waals surface area contributed by atoms with E-state index in [1.807, 2.05) is 0 Å². The van der Waals surface area contributed by atoms with Gasteiger partial charge in [0.25, 0.3) is 0 Å². The summed E-state index contributed by atoms with van der Waals surface area (Å²) in [5.41, 5.74) is -2.31. The first-order valence-corrected chi connectivity index (χ1v) is 15.7. The second-order valence-electron chi connectivity index (χ2n) is 12.0. The standard InChI is InChI=1S/C40H19F10N3/c41-31-29(32(42)36(46)39(49)35(31)45)27-21-13-11-19(51-21)25(17-7-3-1-4-8-17)26(18-9-5-2-6-10-18)20-12-14-22(52-20)28(24-16-15-23(27)53-24)30-33(43)37(47)40(50)38(48)34(30)44/h1-16,51-53H/q+2. The predicted octanol–water partition coefficient (Wildman–Crippen LogP) is 12.3. The number of nitrogens with one attached hydrogen (secondary N) is 3. The topological polar surface area (TPSA) is 47.4 Å². The van der Waals surface area contributed by atoms with Gasteiger partial charge in [-0.3, -0.25) is 0 Å². The van der Waals surface area contributed by atoms with Crippen LogP contribution in [0.5, 0.6) is 0 Å². The van der Waals surface area contributed by atoms with E-state index in [1.165, 1.54) is 12.1 Å². The molecule has 4 aromatic carbocycles. The first-order chi connectivity index (χ1) is 25.5. The second-order valence-corrected chi connectivity index (χ2v) is 12.0. The molecule has 0 saturated carbocycles. The lowest BCUT2D eigenvalue weighted by Gasteiger charge is -2.10. The fourth-order valence-electron chi connectivity index (χ4n) is 6.62. The summed E-state index contributed by atoms with van der Waals surface area (Å²) in [6.45, 7) is 0. The smallest absolute Gasteiger partial charge is 0.239 e. The van der Waals surface area contributed by atoms with E-state index in [9.17, 15) is 26.3 Å². The highest BCUT2D eigenvalue weighted by Crippen LogP contribution is 2.42. The Morgan fingerprint density at radius 1 is 0.302 bits per heavy atom. The van der Waals surface area contributed by atoms with Crippen molar-refractivity contribution in [2.75, 3.05) is 0 Å². The zero-order valence-corrected chi connectivity index (χ0v) is 26.5. The number of aromatic nitrogens is 3. The average Bonchev–Trinajstić information content (AvgIpc) is 3.97. The lowest BCUT2D eigenvalue weighted by molar-refractivity contribution is 0.381. The third-order valence-corrected chi connectivity index (χ3v) is 8.97. The highest BCUT2D eigenvalue weighted by Gasteiger charge is 2.36. The predicted molar refractivity (Wildman–Crippen MR) is 181 cm³/mol. The van der Waals surface area contributed by atoms with Gasteiger partial charge in [-0.25, -0.2) is 0 Å². The Kier molecular flexibility index (Phi) is 8.01. The van der Waals surface area contributed by atoms with Gasteiger partial charge in [0.1, 0.15) is 33.2 Å². The summed E-state index contributed by atoms with van der Waals surface area (Å²) in [5.74, 6) is -22.5. The van der Waals surface area contributed by atoms with Gasteiger partial charge >= 0.3 is 0 Å². The molecule has 13 heteroatoms. The number of rotatable bonds is 4. The minimum Gasteiger partial charge on any atom is -0.341 e. The number of halogens is 10. The second kappa shape index (κ2) is 12.6. The number of hydrogen-bond donors (Lipinski definition) is 3. The van der Waals surface area contributed by atoms with Gasteiger partial charge in [-0.15, -0.1) is 0 Å². The Morgan fingerprint density at radius 3 is 0.925 bits per heavy atom. The molecule has 8 rings (SSSR count). The van der Waals surface area contributed by atoms with E-state index in [0.29, 0.717) is 33.3 Å². The third-order valence-electron chi connectivity index (χ3n) is 8.97. The molecule has 0 saturated heterocycles. The monoisotopic (exact) mass is 731 g/mol. The fraction of sp³-hybridized carbons (Fsp3) is 0. The van der Waals surface area contributed by atoms with Crippen molar-refractivity contribution in [2.24, 2.45) is 0 Å². The zero-order valence-electron chi connectivity index (χ0n) is 26.5. The molecule has 4 heterocycles. The molecule has 6 bridgehead atoms. The van der Waals surface area contributed by atoms with Crippen molar-refractivity contribution in [2.45, 2.75) is 0 Å². The summed E-state index contributed by atoms with van der Waals surface area (Å²) in [6, 6.07) is 25.4. The van der Waals surface area contributed by atoms with Gasteiger partial charge in [0, 0.05) is 23.3 Å². The van der Waals surface area contributed by atoms with Gasteiger partial charge in [0.2, 0.25) is 58.2 Å². The lowest BCUT2D eigenvalue weighted by Crippen LogP contribution is -2.04. The number of aromatic amines is 3. The molecule has 0 aliphatic heterocycles. The van der Waals surface area contributed by atoms with E-state index < -0.39 is 80.4 Å². The zero-order chi connectivity index (χ0) is 37.3. The van der Waals surface area contributed by atoms with E-state index in [2.05, 4.69) is 15.0 Å². The highest BCUT2D eigenvalue weighted by molar-refractivity contribution is 6.04. The largest absolute Gasteiger partial charge is 0.341 e. The molecule has 0 radical (unpaired) electrons. The molecule has 53 heavy (non-hydrogen) atoms. The molecule has 4 aromatic heterocycles. The average molecular weight is 732 g/mol. The molecule has 0 fully saturated rings. The summed E-state index contributed by atoms with van der Waals surface area (Å²) in [4.78, 5) is 8.81. The van der Waals surface area contributed by atoms with Crippen LogP contribution in [0.3, 0.4) is 0 Å². The first kappa shape index (κ1) is 33.6. The summed E-state index contributed by atoms with van der Waals surface area (Å²) in [5, 5.41) is 0. The van der Waals surface area contributed by atoms with Gasteiger partial charge in [-0.1, -0.05) is 60.7 Å². The van der Waals surface area contributed by atoms with Gasteiger partial charge < -0.3 is 15.0 Å². The molecular formula is C40H19F10N3+2. The van der Waals surface area contributed by atoms with Crippen molar-refractivity contribution in [1.29, 1.82) is 0 Å². The Labute approximate surface area is 291 Å². The quantitative estimate of drug-likeness (QED) is 0.0699. The van der Waals surface area contributed by atoms with E-state index in [-0.39, 0.29) is 22.1 Å². The number of H-pyrrole nitrogens is 3. The van der Waals surface area contributed by atoms with E-state index in [1.54, 1.807) is 72.8 Å². The van der Waals surface area contributed by atoms with Crippen LogP contribution in [0.15, 0.2) is 97.1 Å². The molecule has 262 valence electrons. The maximum absolute atomic E-state index is 15.6. The normalized spacial score (nSPS) is 11.6. The Balaban J connectivity index is 1.68. The molecule has 3 nitrogen and oxygen atoms in total. The van der Waals surface area contributed by atoms with Crippen LogP contribution in [-0.4, -0.2) is 15.0 Å². The summed E-state index contributed by atoms with van der Waals surface area (Å²) in [6.07, 6.45) is 0. The Bertz CT molecular complexity index is 2590. The number of fused-ring (bicyclic) bond motifs is 6. The lowest BCUT2D eigenvalue weighted by atomic mass is 9.95. The van der Waals surface area contributed by atoms with Crippen LogP contribution < -0.4 is 0 Å². The molecular weight excluding hydrogens is 712 g/mol. The highest BCUT2D eigenvalue weighted by atomic mass is 19.2.